The van der Waals surface area contributed by atoms with Gasteiger partial charge in [-0.2, -0.15) is 0 Å². The molecule has 0 saturated heterocycles. The van der Waals surface area contributed by atoms with Crippen molar-refractivity contribution in [2.75, 3.05) is 52.9 Å². The maximum atomic E-state index is 10.7. The molecule has 1 rings (SSSR count). The van der Waals surface area contributed by atoms with E-state index in [4.69, 9.17) is 18.9 Å². The second-order valence-corrected chi connectivity index (χ2v) is 5.31. The minimum atomic E-state index is 0.0163. The second kappa shape index (κ2) is 14.0. The maximum absolute atomic E-state index is 10.7. The molecule has 0 unspecified atom stereocenters. The molecule has 8 nitrogen and oxygen atoms in total. The van der Waals surface area contributed by atoms with E-state index in [1.54, 1.807) is 4.68 Å². The molecule has 1 aromatic rings. The summed E-state index contributed by atoms with van der Waals surface area (Å²) >= 11 is 0. The summed E-state index contributed by atoms with van der Waals surface area (Å²) in [6, 6.07) is 0. The fourth-order valence-corrected chi connectivity index (χ4v) is 1.80. The van der Waals surface area contributed by atoms with Gasteiger partial charge < -0.3 is 18.9 Å². The molecule has 0 atom stereocenters. The number of Topliss-reactive ketones (excluding diaryl/α,β-unsaturated/α-hetero) is 1. The molecule has 0 amide bonds. The standard InChI is InChI=1S/C16H29N3O5/c1-3-6-21-9-10-22-7-4-16-13-19(18-17-16)5-8-23-11-12-24-14-15(2)20/h13H,3-12,14H2,1-2H3. The monoisotopic (exact) mass is 343 g/mol. The fraction of sp³-hybridized carbons (Fsp3) is 0.812. The van der Waals surface area contributed by atoms with Crippen LogP contribution in [0.2, 0.25) is 0 Å². The zero-order valence-electron chi connectivity index (χ0n) is 14.7. The molecule has 0 bridgehead atoms. The van der Waals surface area contributed by atoms with E-state index >= 15 is 0 Å². The predicted molar refractivity (Wildman–Crippen MR) is 88.0 cm³/mol. The van der Waals surface area contributed by atoms with E-state index in [0.717, 1.165) is 25.1 Å². The summed E-state index contributed by atoms with van der Waals surface area (Å²) in [5.41, 5.74) is 0.897. The van der Waals surface area contributed by atoms with Crippen LogP contribution in [0.4, 0.5) is 0 Å². The van der Waals surface area contributed by atoms with Crippen LogP contribution in [-0.2, 0) is 36.7 Å². The van der Waals surface area contributed by atoms with E-state index in [0.29, 0.717) is 46.2 Å². The molecule has 0 fully saturated rings. The van der Waals surface area contributed by atoms with Gasteiger partial charge in [0.05, 0.1) is 51.9 Å². The number of nitrogens with zero attached hydrogens (tertiary/aromatic N) is 3. The minimum absolute atomic E-state index is 0.0163. The van der Waals surface area contributed by atoms with Gasteiger partial charge in [0.1, 0.15) is 6.61 Å². The van der Waals surface area contributed by atoms with Crippen LogP contribution in [0.3, 0.4) is 0 Å². The Morgan fingerprint density at radius 2 is 1.67 bits per heavy atom. The maximum Gasteiger partial charge on any atom is 0.155 e. The Balaban J connectivity index is 1.98. The minimum Gasteiger partial charge on any atom is -0.379 e. The summed E-state index contributed by atoms with van der Waals surface area (Å²) < 4.78 is 23.1. The summed E-state index contributed by atoms with van der Waals surface area (Å²) in [5, 5.41) is 8.14. The van der Waals surface area contributed by atoms with E-state index in [1.165, 1.54) is 6.92 Å². The lowest BCUT2D eigenvalue weighted by Gasteiger charge is -2.04. The Labute approximate surface area is 143 Å². The molecule has 138 valence electrons. The molecule has 0 saturated carbocycles. The summed E-state index contributed by atoms with van der Waals surface area (Å²) in [6.45, 7) is 8.38. The van der Waals surface area contributed by atoms with E-state index in [9.17, 15) is 4.79 Å². The average Bonchev–Trinajstić information content (AvgIpc) is 3.00. The van der Waals surface area contributed by atoms with Crippen molar-refractivity contribution >= 4 is 5.78 Å². The van der Waals surface area contributed by atoms with Crippen LogP contribution in [0.5, 0.6) is 0 Å². The molecule has 0 N–H and O–H groups in total. The van der Waals surface area contributed by atoms with Crippen molar-refractivity contribution in [3.63, 3.8) is 0 Å². The Hall–Kier alpha value is -1.35. The fourth-order valence-electron chi connectivity index (χ4n) is 1.80. The van der Waals surface area contributed by atoms with Crippen LogP contribution < -0.4 is 0 Å². The third kappa shape index (κ3) is 11.2. The molecule has 0 aliphatic carbocycles. The van der Waals surface area contributed by atoms with Crippen LogP contribution in [0.25, 0.3) is 0 Å². The second-order valence-electron chi connectivity index (χ2n) is 5.31. The van der Waals surface area contributed by atoms with Crippen LogP contribution in [0.15, 0.2) is 6.20 Å². The molecule has 24 heavy (non-hydrogen) atoms. The summed E-state index contributed by atoms with van der Waals surface area (Å²) in [4.78, 5) is 10.7. The van der Waals surface area contributed by atoms with Crippen LogP contribution >= 0.6 is 0 Å². The molecule has 0 radical (unpaired) electrons. The van der Waals surface area contributed by atoms with Crippen LogP contribution in [0, 0.1) is 0 Å². The number of ketones is 1. The summed E-state index contributed by atoms with van der Waals surface area (Å²) in [5.74, 6) is 0.0163. The van der Waals surface area contributed by atoms with Gasteiger partial charge in [-0.1, -0.05) is 12.1 Å². The van der Waals surface area contributed by atoms with Crippen molar-refractivity contribution in [3.8, 4) is 0 Å². The van der Waals surface area contributed by atoms with Crippen molar-refractivity contribution in [2.45, 2.75) is 33.2 Å². The zero-order valence-corrected chi connectivity index (χ0v) is 14.7. The van der Waals surface area contributed by atoms with Crippen LogP contribution in [-0.4, -0.2) is 73.6 Å². The van der Waals surface area contributed by atoms with E-state index < -0.39 is 0 Å². The third-order valence-electron chi connectivity index (χ3n) is 2.95. The van der Waals surface area contributed by atoms with Gasteiger partial charge in [0, 0.05) is 19.2 Å². The normalized spacial score (nSPS) is 11.1. The van der Waals surface area contributed by atoms with Gasteiger partial charge in [0.15, 0.2) is 5.78 Å². The average molecular weight is 343 g/mol. The highest BCUT2D eigenvalue weighted by Gasteiger charge is 2.01. The molecular weight excluding hydrogens is 314 g/mol. The third-order valence-corrected chi connectivity index (χ3v) is 2.95. The van der Waals surface area contributed by atoms with Gasteiger partial charge in [-0.05, 0) is 13.3 Å². The summed E-state index contributed by atoms with van der Waals surface area (Å²) in [7, 11) is 0. The quantitative estimate of drug-likeness (QED) is 0.412. The smallest absolute Gasteiger partial charge is 0.155 e. The number of carbonyl (C=O) groups excluding carboxylic acids is 1. The van der Waals surface area contributed by atoms with Gasteiger partial charge in [0.2, 0.25) is 0 Å². The van der Waals surface area contributed by atoms with Crippen molar-refractivity contribution < 1.29 is 23.7 Å². The SMILES string of the molecule is CCCOCCOCCc1cn(CCOCCOCC(C)=O)nn1. The first-order chi connectivity index (χ1) is 11.7. The zero-order chi connectivity index (χ0) is 17.5. The Kier molecular flexibility index (Phi) is 12.1. The number of aromatic nitrogens is 3. The number of ether oxygens (including phenoxy) is 4. The first-order valence-electron chi connectivity index (χ1n) is 8.41. The molecular formula is C16H29N3O5. The van der Waals surface area contributed by atoms with Gasteiger partial charge >= 0.3 is 0 Å². The number of hydrogen-bond donors (Lipinski definition) is 0. The van der Waals surface area contributed by atoms with E-state index in [2.05, 4.69) is 17.2 Å². The van der Waals surface area contributed by atoms with Gasteiger partial charge in [0.25, 0.3) is 0 Å². The number of carbonyl (C=O) groups is 1. The first kappa shape index (κ1) is 20.7. The Morgan fingerprint density at radius 1 is 1.00 bits per heavy atom. The first-order valence-corrected chi connectivity index (χ1v) is 8.41. The van der Waals surface area contributed by atoms with Crippen LogP contribution in [0.1, 0.15) is 26.0 Å². The summed E-state index contributed by atoms with van der Waals surface area (Å²) in [6.07, 6.45) is 3.65. The van der Waals surface area contributed by atoms with Gasteiger partial charge in [-0.25, -0.2) is 4.68 Å². The number of hydrogen-bond acceptors (Lipinski definition) is 7. The molecule has 1 aromatic heterocycles. The molecule has 0 spiro atoms. The highest BCUT2D eigenvalue weighted by atomic mass is 16.5. The van der Waals surface area contributed by atoms with E-state index in [-0.39, 0.29) is 12.4 Å². The molecule has 0 aliphatic rings. The van der Waals surface area contributed by atoms with Crippen molar-refractivity contribution in [1.82, 2.24) is 15.0 Å². The predicted octanol–water partition coefficient (Wildman–Crippen LogP) is 0.886. The Morgan fingerprint density at radius 3 is 2.38 bits per heavy atom. The lowest BCUT2D eigenvalue weighted by molar-refractivity contribution is -0.121. The van der Waals surface area contributed by atoms with Crippen molar-refractivity contribution in [1.29, 1.82) is 0 Å². The molecule has 8 heteroatoms. The highest BCUT2D eigenvalue weighted by Crippen LogP contribution is 1.96. The lowest BCUT2D eigenvalue weighted by Crippen LogP contribution is -2.12. The van der Waals surface area contributed by atoms with Gasteiger partial charge in [-0.3, -0.25) is 4.79 Å². The van der Waals surface area contributed by atoms with Crippen molar-refractivity contribution in [3.05, 3.63) is 11.9 Å². The van der Waals surface area contributed by atoms with Gasteiger partial charge in [-0.15, -0.1) is 5.10 Å². The molecule has 1 heterocycles. The lowest BCUT2D eigenvalue weighted by atomic mass is 10.3. The largest absolute Gasteiger partial charge is 0.379 e. The molecule has 0 aromatic carbocycles. The highest BCUT2D eigenvalue weighted by molar-refractivity contribution is 5.76. The van der Waals surface area contributed by atoms with Crippen molar-refractivity contribution in [2.24, 2.45) is 0 Å². The number of rotatable bonds is 16. The van der Waals surface area contributed by atoms with E-state index in [1.807, 2.05) is 6.20 Å². The topological polar surface area (TPSA) is 84.7 Å². The Bertz CT molecular complexity index is 439. The molecule has 0 aliphatic heterocycles.